The van der Waals surface area contributed by atoms with E-state index in [0.717, 1.165) is 12.1 Å². The average Bonchev–Trinajstić information content (AvgIpc) is 2.46. The number of carbonyl (C=O) groups is 2. The first-order chi connectivity index (χ1) is 10.4. The summed E-state index contributed by atoms with van der Waals surface area (Å²) >= 11 is 5.60. The first-order valence-corrected chi connectivity index (χ1v) is 6.51. The maximum Gasteiger partial charge on any atom is 0.337 e. The van der Waals surface area contributed by atoms with Crippen LogP contribution in [0.2, 0.25) is 5.02 Å². The summed E-state index contributed by atoms with van der Waals surface area (Å²) < 4.78 is 26.5. The highest BCUT2D eigenvalue weighted by Gasteiger charge is 2.18. The third-order valence-corrected chi connectivity index (χ3v) is 3.21. The van der Waals surface area contributed by atoms with Gasteiger partial charge in [0.2, 0.25) is 0 Å². The Morgan fingerprint density at radius 3 is 2.32 bits per heavy atom. The fraction of sp³-hybridized carbons (Fsp3) is 0.0667. The molecular formula is C15H10ClF2NO3. The quantitative estimate of drug-likeness (QED) is 0.907. The molecule has 0 aromatic heterocycles. The lowest BCUT2D eigenvalue weighted by Gasteiger charge is -2.08. The van der Waals surface area contributed by atoms with Gasteiger partial charge in [-0.1, -0.05) is 23.7 Å². The second kappa shape index (κ2) is 6.53. The van der Waals surface area contributed by atoms with Crippen molar-refractivity contribution in [3.8, 4) is 0 Å². The van der Waals surface area contributed by atoms with Crippen LogP contribution in [0.25, 0.3) is 0 Å². The highest BCUT2D eigenvalue weighted by atomic mass is 35.5. The molecule has 0 aliphatic rings. The van der Waals surface area contributed by atoms with E-state index in [4.69, 9.17) is 16.7 Å². The molecule has 0 aliphatic heterocycles. The number of carboxylic acids is 1. The van der Waals surface area contributed by atoms with Crippen LogP contribution in [-0.4, -0.2) is 17.0 Å². The summed E-state index contributed by atoms with van der Waals surface area (Å²) in [6.07, 6.45) is 0. The minimum atomic E-state index is -1.36. The standard InChI is InChI=1S/C15H10ClF2NO3/c16-12-6-13(18)11(5-10(12)15(21)22)14(20)19-7-8-1-3-9(17)4-2-8/h1-6H,7H2,(H,19,20)(H,21,22). The third-order valence-electron chi connectivity index (χ3n) is 2.90. The fourth-order valence-corrected chi connectivity index (χ4v) is 2.00. The molecule has 2 rings (SSSR count). The fourth-order valence-electron chi connectivity index (χ4n) is 1.77. The molecule has 2 N–H and O–H groups in total. The summed E-state index contributed by atoms with van der Waals surface area (Å²) in [5, 5.41) is 11.1. The summed E-state index contributed by atoms with van der Waals surface area (Å²) in [5.41, 5.74) is -0.179. The summed E-state index contributed by atoms with van der Waals surface area (Å²) in [7, 11) is 0. The Kier molecular flexibility index (Phi) is 4.72. The molecule has 0 unspecified atom stereocenters. The summed E-state index contributed by atoms with van der Waals surface area (Å²) in [4.78, 5) is 22.9. The summed E-state index contributed by atoms with van der Waals surface area (Å²) in [5.74, 6) is -3.49. The lowest BCUT2D eigenvalue weighted by molar-refractivity contribution is 0.0697. The summed E-state index contributed by atoms with van der Waals surface area (Å²) in [6.45, 7) is 0.0452. The van der Waals surface area contributed by atoms with Crippen molar-refractivity contribution in [2.75, 3.05) is 0 Å². The topological polar surface area (TPSA) is 66.4 Å². The second-order valence-corrected chi connectivity index (χ2v) is 4.83. The Balaban J connectivity index is 2.17. The Hall–Kier alpha value is -2.47. The number of nitrogens with one attached hydrogen (secondary N) is 1. The van der Waals surface area contributed by atoms with Crippen molar-refractivity contribution in [2.45, 2.75) is 6.54 Å². The van der Waals surface area contributed by atoms with Crippen LogP contribution in [0.4, 0.5) is 8.78 Å². The van der Waals surface area contributed by atoms with Crippen LogP contribution in [0, 0.1) is 11.6 Å². The molecule has 0 fully saturated rings. The molecule has 0 aliphatic carbocycles. The highest BCUT2D eigenvalue weighted by molar-refractivity contribution is 6.33. The van der Waals surface area contributed by atoms with Gasteiger partial charge in [-0.3, -0.25) is 4.79 Å². The SMILES string of the molecule is O=C(NCc1ccc(F)cc1)c1cc(C(=O)O)c(Cl)cc1F. The average molecular weight is 326 g/mol. The highest BCUT2D eigenvalue weighted by Crippen LogP contribution is 2.21. The largest absolute Gasteiger partial charge is 0.478 e. The maximum absolute atomic E-state index is 13.7. The number of halogens is 3. The van der Waals surface area contributed by atoms with E-state index in [1.54, 1.807) is 0 Å². The molecule has 1 amide bonds. The zero-order chi connectivity index (χ0) is 16.3. The monoisotopic (exact) mass is 325 g/mol. The number of aromatic carboxylic acids is 1. The Morgan fingerprint density at radius 2 is 1.73 bits per heavy atom. The number of carboxylic acid groups (broad SMARTS) is 1. The van der Waals surface area contributed by atoms with Gasteiger partial charge in [-0.15, -0.1) is 0 Å². The second-order valence-electron chi connectivity index (χ2n) is 4.43. The van der Waals surface area contributed by atoms with E-state index in [1.165, 1.54) is 24.3 Å². The smallest absolute Gasteiger partial charge is 0.337 e. The molecule has 0 heterocycles. The normalized spacial score (nSPS) is 10.3. The van der Waals surface area contributed by atoms with E-state index < -0.39 is 29.1 Å². The van der Waals surface area contributed by atoms with E-state index in [2.05, 4.69) is 5.32 Å². The minimum absolute atomic E-state index is 0.0452. The van der Waals surface area contributed by atoms with E-state index in [9.17, 15) is 18.4 Å². The Morgan fingerprint density at radius 1 is 1.09 bits per heavy atom. The van der Waals surface area contributed by atoms with Crippen molar-refractivity contribution in [3.05, 3.63) is 69.7 Å². The molecule has 22 heavy (non-hydrogen) atoms. The zero-order valence-electron chi connectivity index (χ0n) is 11.1. The number of hydrogen-bond acceptors (Lipinski definition) is 2. The molecule has 4 nitrogen and oxygen atoms in total. The predicted molar refractivity (Wildman–Crippen MR) is 75.9 cm³/mol. The number of benzene rings is 2. The van der Waals surface area contributed by atoms with Crippen molar-refractivity contribution >= 4 is 23.5 Å². The molecule has 2 aromatic rings. The minimum Gasteiger partial charge on any atom is -0.478 e. The molecule has 7 heteroatoms. The molecular weight excluding hydrogens is 316 g/mol. The lowest BCUT2D eigenvalue weighted by atomic mass is 10.1. The molecule has 0 bridgehead atoms. The van der Waals surface area contributed by atoms with E-state index in [-0.39, 0.29) is 17.1 Å². The molecule has 114 valence electrons. The number of carbonyl (C=O) groups excluding carboxylic acids is 1. The van der Waals surface area contributed by atoms with Crippen LogP contribution in [0.1, 0.15) is 26.3 Å². The first-order valence-electron chi connectivity index (χ1n) is 6.13. The summed E-state index contributed by atoms with van der Waals surface area (Å²) in [6, 6.07) is 7.05. The van der Waals surface area contributed by atoms with Crippen molar-refractivity contribution < 1.29 is 23.5 Å². The van der Waals surface area contributed by atoms with Crippen LogP contribution >= 0.6 is 11.6 Å². The molecule has 0 atom stereocenters. The third kappa shape index (κ3) is 3.59. The molecule has 2 aromatic carbocycles. The van der Waals surface area contributed by atoms with Crippen molar-refractivity contribution in [1.29, 1.82) is 0 Å². The van der Waals surface area contributed by atoms with Gasteiger partial charge >= 0.3 is 5.97 Å². The Labute approximate surface area is 129 Å². The van der Waals surface area contributed by atoms with E-state index in [1.807, 2.05) is 0 Å². The van der Waals surface area contributed by atoms with Gasteiger partial charge in [0, 0.05) is 6.54 Å². The number of rotatable bonds is 4. The van der Waals surface area contributed by atoms with Crippen LogP contribution in [0.15, 0.2) is 36.4 Å². The maximum atomic E-state index is 13.7. The molecule has 0 saturated carbocycles. The van der Waals surface area contributed by atoms with Crippen LogP contribution in [0.3, 0.4) is 0 Å². The molecule has 0 spiro atoms. The predicted octanol–water partition coefficient (Wildman–Crippen LogP) is 3.25. The Bertz CT molecular complexity index is 732. The number of hydrogen-bond donors (Lipinski definition) is 2. The van der Waals surface area contributed by atoms with Gasteiger partial charge in [-0.2, -0.15) is 0 Å². The van der Waals surface area contributed by atoms with Gasteiger partial charge in [0.25, 0.3) is 5.91 Å². The van der Waals surface area contributed by atoms with Crippen LogP contribution < -0.4 is 5.32 Å². The zero-order valence-corrected chi connectivity index (χ0v) is 11.8. The number of amides is 1. The van der Waals surface area contributed by atoms with Gasteiger partial charge in [0.1, 0.15) is 11.6 Å². The van der Waals surface area contributed by atoms with Gasteiger partial charge in [0.05, 0.1) is 16.1 Å². The van der Waals surface area contributed by atoms with Gasteiger partial charge in [0.15, 0.2) is 0 Å². The van der Waals surface area contributed by atoms with E-state index >= 15 is 0 Å². The van der Waals surface area contributed by atoms with E-state index in [0.29, 0.717) is 5.56 Å². The van der Waals surface area contributed by atoms with Gasteiger partial charge in [-0.05, 0) is 29.8 Å². The lowest BCUT2D eigenvalue weighted by Crippen LogP contribution is -2.24. The van der Waals surface area contributed by atoms with Gasteiger partial charge in [-0.25, -0.2) is 13.6 Å². The van der Waals surface area contributed by atoms with Crippen LogP contribution in [-0.2, 0) is 6.54 Å². The van der Waals surface area contributed by atoms with Crippen LogP contribution in [0.5, 0.6) is 0 Å². The molecule has 0 radical (unpaired) electrons. The van der Waals surface area contributed by atoms with Crippen molar-refractivity contribution in [3.63, 3.8) is 0 Å². The van der Waals surface area contributed by atoms with Crippen molar-refractivity contribution in [2.24, 2.45) is 0 Å². The van der Waals surface area contributed by atoms with Gasteiger partial charge < -0.3 is 10.4 Å². The first kappa shape index (κ1) is 15.9. The van der Waals surface area contributed by atoms with Crippen molar-refractivity contribution in [1.82, 2.24) is 5.32 Å². The molecule has 0 saturated heterocycles.